The Hall–Kier alpha value is -2.40. The number of ketones is 1. The van der Waals surface area contributed by atoms with Gasteiger partial charge in [-0.15, -0.1) is 0 Å². The quantitative estimate of drug-likeness (QED) is 0.912. The van der Waals surface area contributed by atoms with Crippen molar-refractivity contribution in [3.8, 4) is 5.75 Å². The SMILES string of the molecule is Cc1cc2c(c(=O)o1)C(=O)C(C(O)c1ccccc1C)O2. The van der Waals surface area contributed by atoms with Gasteiger partial charge in [-0.2, -0.15) is 0 Å². The van der Waals surface area contributed by atoms with Crippen LogP contribution in [-0.2, 0) is 0 Å². The van der Waals surface area contributed by atoms with Gasteiger partial charge in [0.05, 0.1) is 0 Å². The first-order chi connectivity index (χ1) is 9.99. The van der Waals surface area contributed by atoms with Gasteiger partial charge in [0, 0.05) is 6.07 Å². The van der Waals surface area contributed by atoms with Crippen LogP contribution in [0.15, 0.2) is 39.5 Å². The van der Waals surface area contributed by atoms with Crippen LogP contribution >= 0.6 is 0 Å². The van der Waals surface area contributed by atoms with Crippen molar-refractivity contribution in [1.29, 1.82) is 0 Å². The van der Waals surface area contributed by atoms with Crippen LogP contribution in [0.5, 0.6) is 5.75 Å². The van der Waals surface area contributed by atoms with Crippen LogP contribution in [0.3, 0.4) is 0 Å². The van der Waals surface area contributed by atoms with Crippen LogP contribution in [0.25, 0.3) is 0 Å². The minimum atomic E-state index is -1.13. The van der Waals surface area contributed by atoms with Crippen LogP contribution in [0, 0.1) is 13.8 Å². The Morgan fingerprint density at radius 3 is 2.62 bits per heavy atom. The highest BCUT2D eigenvalue weighted by atomic mass is 16.5. The van der Waals surface area contributed by atoms with Gasteiger partial charge < -0.3 is 14.3 Å². The van der Waals surface area contributed by atoms with Gasteiger partial charge in [-0.05, 0) is 25.0 Å². The van der Waals surface area contributed by atoms with Crippen molar-refractivity contribution in [1.82, 2.24) is 0 Å². The minimum Gasteiger partial charge on any atom is -0.478 e. The predicted molar refractivity (Wildman–Crippen MR) is 74.6 cm³/mol. The highest BCUT2D eigenvalue weighted by Crippen LogP contribution is 2.33. The molecule has 0 spiro atoms. The molecule has 1 aromatic heterocycles. The van der Waals surface area contributed by atoms with Gasteiger partial charge in [0.2, 0.25) is 5.78 Å². The van der Waals surface area contributed by atoms with Crippen molar-refractivity contribution in [2.24, 2.45) is 0 Å². The van der Waals surface area contributed by atoms with Crippen LogP contribution in [0.1, 0.15) is 33.3 Å². The number of carbonyl (C=O) groups excluding carboxylic acids is 1. The molecule has 0 fully saturated rings. The Morgan fingerprint density at radius 1 is 1.19 bits per heavy atom. The third kappa shape index (κ3) is 2.15. The van der Waals surface area contributed by atoms with E-state index in [1.54, 1.807) is 19.1 Å². The van der Waals surface area contributed by atoms with E-state index in [1.807, 2.05) is 19.1 Å². The van der Waals surface area contributed by atoms with Gasteiger partial charge in [-0.1, -0.05) is 24.3 Å². The normalized spacial score (nSPS) is 18.2. The second kappa shape index (κ2) is 4.86. The van der Waals surface area contributed by atoms with Crippen molar-refractivity contribution in [3.63, 3.8) is 0 Å². The van der Waals surface area contributed by atoms with Crippen molar-refractivity contribution >= 4 is 5.78 Å². The first-order valence-electron chi connectivity index (χ1n) is 6.58. The van der Waals surface area contributed by atoms with Crippen LogP contribution in [0.2, 0.25) is 0 Å². The van der Waals surface area contributed by atoms with Gasteiger partial charge in [0.1, 0.15) is 23.2 Å². The van der Waals surface area contributed by atoms with E-state index in [-0.39, 0.29) is 11.3 Å². The number of aliphatic hydroxyl groups is 1. The number of benzene rings is 1. The molecular formula is C16H14O5. The smallest absolute Gasteiger partial charge is 0.350 e. The third-order valence-corrected chi connectivity index (χ3v) is 3.59. The molecule has 2 aromatic rings. The summed E-state index contributed by atoms with van der Waals surface area (Å²) in [6.07, 6.45) is -2.25. The Balaban J connectivity index is 2.00. The number of aliphatic hydroxyl groups excluding tert-OH is 1. The molecule has 2 unspecified atom stereocenters. The Morgan fingerprint density at radius 2 is 1.90 bits per heavy atom. The van der Waals surface area contributed by atoms with Crippen LogP contribution in [-0.4, -0.2) is 17.0 Å². The lowest BCUT2D eigenvalue weighted by Gasteiger charge is -2.18. The molecule has 0 radical (unpaired) electrons. The molecule has 1 aromatic carbocycles. The summed E-state index contributed by atoms with van der Waals surface area (Å²) in [5.41, 5.74) is 0.595. The maximum atomic E-state index is 12.3. The van der Waals surface area contributed by atoms with Crippen molar-refractivity contribution in [3.05, 3.63) is 63.2 Å². The third-order valence-electron chi connectivity index (χ3n) is 3.59. The van der Waals surface area contributed by atoms with Crippen LogP contribution in [0.4, 0.5) is 0 Å². The zero-order valence-electron chi connectivity index (χ0n) is 11.6. The van der Waals surface area contributed by atoms with Gasteiger partial charge in [-0.25, -0.2) is 4.79 Å². The summed E-state index contributed by atoms with van der Waals surface area (Å²) in [5, 5.41) is 10.4. The average Bonchev–Trinajstić information content (AvgIpc) is 2.75. The fraction of sp³-hybridized carbons (Fsp3) is 0.250. The van der Waals surface area contributed by atoms with Crippen molar-refractivity contribution in [2.45, 2.75) is 26.1 Å². The molecule has 2 atom stereocenters. The van der Waals surface area contributed by atoms with Crippen molar-refractivity contribution in [2.75, 3.05) is 0 Å². The van der Waals surface area contributed by atoms with E-state index in [9.17, 15) is 14.7 Å². The maximum absolute atomic E-state index is 12.3. The molecule has 108 valence electrons. The molecule has 0 aliphatic carbocycles. The second-order valence-electron chi connectivity index (χ2n) is 5.09. The number of ether oxygens (including phenoxy) is 1. The lowest BCUT2D eigenvalue weighted by Crippen LogP contribution is -2.30. The molecule has 0 saturated heterocycles. The molecule has 2 heterocycles. The fourth-order valence-corrected chi connectivity index (χ4v) is 2.52. The highest BCUT2D eigenvalue weighted by Gasteiger charge is 2.41. The number of carbonyl (C=O) groups is 1. The lowest BCUT2D eigenvalue weighted by molar-refractivity contribution is 0.0405. The molecular weight excluding hydrogens is 272 g/mol. The van der Waals surface area contributed by atoms with Gasteiger partial charge in [-0.3, -0.25) is 4.79 Å². The Bertz CT molecular complexity index is 774. The molecule has 0 saturated carbocycles. The molecule has 5 nitrogen and oxygen atoms in total. The molecule has 1 N–H and O–H groups in total. The second-order valence-corrected chi connectivity index (χ2v) is 5.09. The monoisotopic (exact) mass is 286 g/mol. The van der Waals surface area contributed by atoms with Crippen molar-refractivity contribution < 1.29 is 19.1 Å². The molecule has 0 amide bonds. The van der Waals surface area contributed by atoms with E-state index in [2.05, 4.69) is 0 Å². The number of rotatable bonds is 2. The fourth-order valence-electron chi connectivity index (χ4n) is 2.52. The Kier molecular flexibility index (Phi) is 3.14. The highest BCUT2D eigenvalue weighted by molar-refractivity contribution is 6.04. The maximum Gasteiger partial charge on any atom is 0.350 e. The standard InChI is InChI=1S/C16H14O5/c1-8-5-3-4-6-10(8)13(17)15-14(18)12-11(21-15)7-9(2)20-16(12)19/h3-7,13,15,17H,1-2H3. The summed E-state index contributed by atoms with van der Waals surface area (Å²) in [7, 11) is 0. The zero-order valence-corrected chi connectivity index (χ0v) is 11.6. The van der Waals surface area contributed by atoms with Gasteiger partial charge in [0.15, 0.2) is 6.10 Å². The summed E-state index contributed by atoms with van der Waals surface area (Å²) in [5.74, 6) is -0.0153. The summed E-state index contributed by atoms with van der Waals surface area (Å²) < 4.78 is 10.4. The molecule has 21 heavy (non-hydrogen) atoms. The lowest BCUT2D eigenvalue weighted by atomic mass is 9.96. The molecule has 1 aliphatic rings. The summed E-state index contributed by atoms with van der Waals surface area (Å²) >= 11 is 0. The number of hydrogen-bond donors (Lipinski definition) is 1. The van der Waals surface area contributed by atoms with E-state index in [0.717, 1.165) is 5.56 Å². The van der Waals surface area contributed by atoms with Gasteiger partial charge in [0.25, 0.3) is 0 Å². The molecule has 1 aliphatic heterocycles. The minimum absolute atomic E-state index is 0.127. The van der Waals surface area contributed by atoms with E-state index in [1.165, 1.54) is 6.07 Å². The summed E-state index contributed by atoms with van der Waals surface area (Å²) in [4.78, 5) is 24.1. The summed E-state index contributed by atoms with van der Waals surface area (Å²) in [6.45, 7) is 3.43. The first kappa shape index (κ1) is 13.6. The topological polar surface area (TPSA) is 76.7 Å². The largest absolute Gasteiger partial charge is 0.478 e. The van der Waals surface area contributed by atoms with Crippen LogP contribution < -0.4 is 10.4 Å². The van der Waals surface area contributed by atoms with E-state index >= 15 is 0 Å². The summed E-state index contributed by atoms with van der Waals surface area (Å²) in [6, 6.07) is 8.67. The molecule has 0 bridgehead atoms. The Labute approximate surface area is 120 Å². The van der Waals surface area contributed by atoms with E-state index in [4.69, 9.17) is 9.15 Å². The van der Waals surface area contributed by atoms with Gasteiger partial charge >= 0.3 is 5.63 Å². The van der Waals surface area contributed by atoms with E-state index < -0.39 is 23.6 Å². The number of Topliss-reactive ketones (excluding diaryl/α,β-unsaturated/α-hetero) is 1. The number of aryl methyl sites for hydroxylation is 2. The van der Waals surface area contributed by atoms with E-state index in [0.29, 0.717) is 11.3 Å². The molecule has 5 heteroatoms. The predicted octanol–water partition coefficient (Wildman–Crippen LogP) is 1.93. The number of hydrogen-bond acceptors (Lipinski definition) is 5. The average molecular weight is 286 g/mol. The number of fused-ring (bicyclic) bond motifs is 1. The zero-order chi connectivity index (χ0) is 15.1. The first-order valence-corrected chi connectivity index (χ1v) is 6.58. The molecule has 3 rings (SSSR count).